The minimum Gasteiger partial charge on any atom is -0.395 e. The van der Waals surface area contributed by atoms with Gasteiger partial charge in [0.05, 0.1) is 16.8 Å². The topological polar surface area (TPSA) is 62.7 Å². The second-order valence-corrected chi connectivity index (χ2v) is 2.20. The van der Waals surface area contributed by atoms with Crippen LogP contribution in [0.5, 0.6) is 0 Å². The number of halogens is 3. The summed E-state index contributed by atoms with van der Waals surface area (Å²) in [5.74, 6) is -1.19. The lowest BCUT2D eigenvalue weighted by Gasteiger charge is -2.05. The lowest BCUT2D eigenvalue weighted by molar-refractivity contribution is 0.151. The van der Waals surface area contributed by atoms with E-state index in [1.807, 2.05) is 0 Å². The van der Waals surface area contributed by atoms with Crippen LogP contribution >= 0.6 is 0 Å². The van der Waals surface area contributed by atoms with E-state index in [-0.39, 0.29) is 0 Å². The number of hydrogen-bond acceptors (Lipinski definition) is 3. The normalized spacial score (nSPS) is 10.1. The SMILES string of the molecule is N#Cc1cnc(F)c(N)c1C(F)F. The van der Waals surface area contributed by atoms with Gasteiger partial charge in [-0.1, -0.05) is 0 Å². The largest absolute Gasteiger partial charge is 0.395 e. The van der Waals surface area contributed by atoms with Gasteiger partial charge in [-0.25, -0.2) is 13.8 Å². The van der Waals surface area contributed by atoms with Crippen molar-refractivity contribution in [3.05, 3.63) is 23.3 Å². The van der Waals surface area contributed by atoms with Crippen molar-refractivity contribution < 1.29 is 13.2 Å². The van der Waals surface area contributed by atoms with Crippen molar-refractivity contribution in [2.45, 2.75) is 6.43 Å². The minimum absolute atomic E-state index is 0.408. The maximum Gasteiger partial charge on any atom is 0.267 e. The highest BCUT2D eigenvalue weighted by Gasteiger charge is 2.20. The van der Waals surface area contributed by atoms with Gasteiger partial charge in [0.15, 0.2) is 0 Å². The monoisotopic (exact) mass is 187 g/mol. The molecule has 0 fully saturated rings. The Morgan fingerprint density at radius 1 is 1.54 bits per heavy atom. The van der Waals surface area contributed by atoms with Gasteiger partial charge in [0.1, 0.15) is 6.07 Å². The maximum absolute atomic E-state index is 12.6. The van der Waals surface area contributed by atoms with Crippen LogP contribution < -0.4 is 5.73 Å². The first-order valence-electron chi connectivity index (χ1n) is 3.20. The number of pyridine rings is 1. The molecule has 0 saturated carbocycles. The van der Waals surface area contributed by atoms with E-state index in [4.69, 9.17) is 11.0 Å². The molecule has 0 amide bonds. The first-order chi connectivity index (χ1) is 6.07. The molecule has 6 heteroatoms. The molecule has 2 N–H and O–H groups in total. The van der Waals surface area contributed by atoms with Crippen LogP contribution in [0.15, 0.2) is 6.20 Å². The van der Waals surface area contributed by atoms with E-state index >= 15 is 0 Å². The number of nitrogens with two attached hydrogens (primary N) is 1. The fraction of sp³-hybridized carbons (Fsp3) is 0.143. The predicted octanol–water partition coefficient (Wildman–Crippen LogP) is 1.61. The van der Waals surface area contributed by atoms with Gasteiger partial charge in [0, 0.05) is 6.20 Å². The Hall–Kier alpha value is -1.77. The molecule has 13 heavy (non-hydrogen) atoms. The molecule has 0 bridgehead atoms. The van der Waals surface area contributed by atoms with Gasteiger partial charge in [0.25, 0.3) is 6.43 Å². The fourth-order valence-electron chi connectivity index (χ4n) is 0.841. The van der Waals surface area contributed by atoms with Gasteiger partial charge < -0.3 is 5.73 Å². The van der Waals surface area contributed by atoms with Crippen LogP contribution in [0.4, 0.5) is 18.9 Å². The predicted molar refractivity (Wildman–Crippen MR) is 38.3 cm³/mol. The summed E-state index contributed by atoms with van der Waals surface area (Å²) in [4.78, 5) is 3.05. The zero-order valence-electron chi connectivity index (χ0n) is 6.26. The van der Waals surface area contributed by atoms with Gasteiger partial charge in [0.2, 0.25) is 5.95 Å². The Balaban J connectivity index is 3.43. The zero-order valence-corrected chi connectivity index (χ0v) is 6.26. The molecule has 0 aliphatic carbocycles. The molecule has 0 unspecified atom stereocenters. The summed E-state index contributed by atoms with van der Waals surface area (Å²) in [6, 6.07) is 1.46. The lowest BCUT2D eigenvalue weighted by Crippen LogP contribution is -2.03. The van der Waals surface area contributed by atoms with Crippen LogP contribution in [0.25, 0.3) is 0 Å². The summed E-state index contributed by atoms with van der Waals surface area (Å²) in [5, 5.41) is 8.38. The number of nitriles is 1. The smallest absolute Gasteiger partial charge is 0.267 e. The van der Waals surface area contributed by atoms with Crippen LogP contribution in [0.3, 0.4) is 0 Å². The molecular weight excluding hydrogens is 183 g/mol. The van der Waals surface area contributed by atoms with Crippen LogP contribution in [0.1, 0.15) is 17.6 Å². The number of hydrogen-bond donors (Lipinski definition) is 1. The van der Waals surface area contributed by atoms with E-state index in [2.05, 4.69) is 4.98 Å². The Labute approximate surface area is 71.6 Å². The average Bonchev–Trinajstić information content (AvgIpc) is 2.08. The summed E-state index contributed by atoms with van der Waals surface area (Å²) >= 11 is 0. The first kappa shape index (κ1) is 9.32. The number of aromatic nitrogens is 1. The molecule has 0 radical (unpaired) electrons. The number of nitrogens with zero attached hydrogens (tertiary/aromatic N) is 2. The standard InChI is InChI=1S/C7H4F3N3/c8-6(9)4-3(1-11)2-13-7(10)5(4)12/h2,6H,12H2. The molecule has 3 nitrogen and oxygen atoms in total. The zero-order chi connectivity index (χ0) is 10.0. The molecule has 1 aromatic rings. The highest BCUT2D eigenvalue weighted by Crippen LogP contribution is 2.28. The third-order valence-corrected chi connectivity index (χ3v) is 1.45. The molecule has 0 aliphatic rings. The number of nitrogen functional groups attached to an aromatic ring is 1. The highest BCUT2D eigenvalue weighted by atomic mass is 19.3. The van der Waals surface area contributed by atoms with Gasteiger partial charge in [-0.05, 0) is 0 Å². The van der Waals surface area contributed by atoms with Crippen molar-refractivity contribution in [3.63, 3.8) is 0 Å². The minimum atomic E-state index is -2.98. The summed E-state index contributed by atoms with van der Waals surface area (Å²) in [5.41, 5.74) is 3.02. The first-order valence-corrected chi connectivity index (χ1v) is 3.20. The van der Waals surface area contributed by atoms with Crippen molar-refractivity contribution >= 4 is 5.69 Å². The molecule has 0 aromatic carbocycles. The van der Waals surface area contributed by atoms with Gasteiger partial charge >= 0.3 is 0 Å². The lowest BCUT2D eigenvalue weighted by atomic mass is 10.1. The molecular formula is C7H4F3N3. The number of anilines is 1. The molecule has 1 rings (SSSR count). The van der Waals surface area contributed by atoms with E-state index in [0.29, 0.717) is 0 Å². The Morgan fingerprint density at radius 2 is 2.15 bits per heavy atom. The highest BCUT2D eigenvalue weighted by molar-refractivity contribution is 5.54. The van der Waals surface area contributed by atoms with Crippen molar-refractivity contribution in [2.24, 2.45) is 0 Å². The second-order valence-electron chi connectivity index (χ2n) is 2.20. The van der Waals surface area contributed by atoms with Crippen LogP contribution in [-0.2, 0) is 0 Å². The fourth-order valence-corrected chi connectivity index (χ4v) is 0.841. The molecule has 0 aliphatic heterocycles. The van der Waals surface area contributed by atoms with Crippen molar-refractivity contribution in [1.29, 1.82) is 5.26 Å². The molecule has 1 heterocycles. The quantitative estimate of drug-likeness (QED) is 0.679. The molecule has 0 atom stereocenters. The van der Waals surface area contributed by atoms with Crippen molar-refractivity contribution in [1.82, 2.24) is 4.98 Å². The van der Waals surface area contributed by atoms with E-state index in [1.54, 1.807) is 0 Å². The second kappa shape index (κ2) is 3.31. The Bertz CT molecular complexity index is 370. The summed E-state index contributed by atoms with van der Waals surface area (Å²) in [7, 11) is 0. The molecule has 0 saturated heterocycles. The van der Waals surface area contributed by atoms with Gasteiger partial charge in [-0.2, -0.15) is 9.65 Å². The molecule has 1 aromatic heterocycles. The summed E-state index contributed by atoms with van der Waals surface area (Å²) in [6.45, 7) is 0. The van der Waals surface area contributed by atoms with Crippen LogP contribution in [0.2, 0.25) is 0 Å². The van der Waals surface area contributed by atoms with Gasteiger partial charge in [-0.3, -0.25) is 0 Å². The van der Waals surface area contributed by atoms with E-state index in [1.165, 1.54) is 6.07 Å². The van der Waals surface area contributed by atoms with Crippen molar-refractivity contribution in [3.8, 4) is 6.07 Å². The van der Waals surface area contributed by atoms with Crippen molar-refractivity contribution in [2.75, 3.05) is 5.73 Å². The van der Waals surface area contributed by atoms with Crippen LogP contribution in [-0.4, -0.2) is 4.98 Å². The number of alkyl halides is 2. The third-order valence-electron chi connectivity index (χ3n) is 1.45. The Kier molecular flexibility index (Phi) is 2.37. The molecule has 68 valence electrons. The van der Waals surface area contributed by atoms with E-state index in [9.17, 15) is 13.2 Å². The maximum atomic E-state index is 12.6. The Morgan fingerprint density at radius 3 is 2.62 bits per heavy atom. The van der Waals surface area contributed by atoms with E-state index < -0.39 is 29.2 Å². The average molecular weight is 187 g/mol. The van der Waals surface area contributed by atoms with E-state index in [0.717, 1.165) is 6.20 Å². The van der Waals surface area contributed by atoms with Crippen LogP contribution in [0, 0.1) is 17.3 Å². The van der Waals surface area contributed by atoms with Gasteiger partial charge in [-0.15, -0.1) is 0 Å². The number of rotatable bonds is 1. The summed E-state index contributed by atoms with van der Waals surface area (Å²) < 4.78 is 37.0. The summed E-state index contributed by atoms with van der Waals surface area (Å²) in [6.07, 6.45) is -2.25. The third kappa shape index (κ3) is 1.54. The molecule has 0 spiro atoms.